The highest BCUT2D eigenvalue weighted by Crippen LogP contribution is 2.29. The van der Waals surface area contributed by atoms with Gasteiger partial charge in [-0.15, -0.1) is 0 Å². The van der Waals surface area contributed by atoms with Crippen LogP contribution >= 0.6 is 0 Å². The van der Waals surface area contributed by atoms with E-state index in [1.807, 2.05) is 69.4 Å². The van der Waals surface area contributed by atoms with Gasteiger partial charge in [0.05, 0.1) is 11.7 Å². The molecule has 0 radical (unpaired) electrons. The maximum absolute atomic E-state index is 13.0. The molecule has 0 aromatic heterocycles. The molecule has 2 aliphatic heterocycles. The second-order valence-electron chi connectivity index (χ2n) is 9.61. The van der Waals surface area contributed by atoms with Crippen molar-refractivity contribution in [3.05, 3.63) is 77.0 Å². The normalized spacial score (nSPS) is 17.8. The van der Waals surface area contributed by atoms with Crippen LogP contribution in [0.4, 0.5) is 0 Å². The van der Waals surface area contributed by atoms with Crippen LogP contribution in [0.15, 0.2) is 54.7 Å². The molecule has 2 unspecified atom stereocenters. The number of fused-ring (bicyclic) bond motifs is 1. The van der Waals surface area contributed by atoms with Crippen molar-refractivity contribution in [1.82, 2.24) is 20.5 Å². The van der Waals surface area contributed by atoms with Gasteiger partial charge in [-0.25, -0.2) is 0 Å². The SMILES string of the molecule is CC(C)C(C(=O)N1CCCC1C=O)N1Cc2ccccc2C1=O.CNCc1ccc(/C(=C/N)NN)cc1. The number of amides is 2. The van der Waals surface area contributed by atoms with E-state index in [1.54, 1.807) is 9.80 Å². The Hall–Kier alpha value is -3.69. The van der Waals surface area contributed by atoms with Crippen molar-refractivity contribution >= 4 is 23.8 Å². The van der Waals surface area contributed by atoms with Crippen LogP contribution in [0.25, 0.3) is 5.70 Å². The van der Waals surface area contributed by atoms with Crippen LogP contribution in [-0.4, -0.2) is 53.6 Å². The minimum absolute atomic E-state index is 0.00587. The predicted molar refractivity (Wildman–Crippen MR) is 144 cm³/mol. The lowest BCUT2D eigenvalue weighted by Crippen LogP contribution is -2.52. The van der Waals surface area contributed by atoms with Gasteiger partial charge < -0.3 is 31.1 Å². The molecule has 2 heterocycles. The third kappa shape index (κ3) is 6.36. The summed E-state index contributed by atoms with van der Waals surface area (Å²) < 4.78 is 0. The summed E-state index contributed by atoms with van der Waals surface area (Å²) in [4.78, 5) is 40.2. The van der Waals surface area contributed by atoms with Gasteiger partial charge in [0.2, 0.25) is 5.91 Å². The summed E-state index contributed by atoms with van der Waals surface area (Å²) >= 11 is 0. The lowest BCUT2D eigenvalue weighted by molar-refractivity contribution is -0.140. The van der Waals surface area contributed by atoms with Crippen LogP contribution in [0.2, 0.25) is 0 Å². The van der Waals surface area contributed by atoms with E-state index in [2.05, 4.69) is 10.7 Å². The van der Waals surface area contributed by atoms with E-state index in [4.69, 9.17) is 11.6 Å². The number of rotatable bonds is 8. The molecule has 37 heavy (non-hydrogen) atoms. The Kier molecular flexibility index (Phi) is 9.82. The second-order valence-corrected chi connectivity index (χ2v) is 9.61. The molecule has 1 fully saturated rings. The molecule has 2 aliphatic rings. The van der Waals surface area contributed by atoms with Crippen LogP contribution in [-0.2, 0) is 22.7 Å². The first-order valence-electron chi connectivity index (χ1n) is 12.6. The summed E-state index contributed by atoms with van der Waals surface area (Å²) in [5.74, 6) is 5.11. The van der Waals surface area contributed by atoms with E-state index >= 15 is 0 Å². The highest BCUT2D eigenvalue weighted by atomic mass is 16.2. The topological polar surface area (TPSA) is 134 Å². The first kappa shape index (κ1) is 27.9. The molecule has 0 bridgehead atoms. The molecule has 2 aromatic rings. The van der Waals surface area contributed by atoms with Crippen LogP contribution in [0.3, 0.4) is 0 Å². The molecular weight excluding hydrogens is 468 g/mol. The molecule has 4 rings (SSSR count). The highest BCUT2D eigenvalue weighted by Gasteiger charge is 2.42. The minimum atomic E-state index is -0.518. The fourth-order valence-corrected chi connectivity index (χ4v) is 4.89. The minimum Gasteiger partial charge on any atom is -0.403 e. The number of nitrogens with one attached hydrogen (secondary N) is 2. The summed E-state index contributed by atoms with van der Waals surface area (Å²) in [7, 11) is 1.92. The molecule has 2 atom stereocenters. The quantitative estimate of drug-likeness (QED) is 0.244. The number of hydrazine groups is 1. The zero-order valence-corrected chi connectivity index (χ0v) is 21.8. The number of nitrogens with zero attached hydrogens (tertiary/aromatic N) is 2. The van der Waals surface area contributed by atoms with Gasteiger partial charge >= 0.3 is 0 Å². The Morgan fingerprint density at radius 2 is 1.86 bits per heavy atom. The first-order chi connectivity index (χ1) is 17.9. The van der Waals surface area contributed by atoms with Gasteiger partial charge in [-0.3, -0.25) is 15.4 Å². The van der Waals surface area contributed by atoms with Gasteiger partial charge in [-0.1, -0.05) is 56.3 Å². The standard InChI is InChI=1S/C18H22N2O3.C10H16N4/c1-12(2)16(18(23)19-9-5-7-14(19)11-21)20-10-13-6-3-4-8-15(13)17(20)22;1-13-7-8-2-4-9(5-3-8)10(6-11)14-12/h3-4,6,8,11-12,14,16H,5,7,9-10H2,1-2H3;2-6,13-14H,7,11-12H2,1H3/b;10-6-. The predicted octanol–water partition coefficient (Wildman–Crippen LogP) is 1.98. The van der Waals surface area contributed by atoms with Crippen LogP contribution in [0.1, 0.15) is 53.7 Å². The maximum atomic E-state index is 13.0. The number of hydrogen-bond donors (Lipinski definition) is 4. The van der Waals surface area contributed by atoms with Gasteiger partial charge in [-0.05, 0) is 43.0 Å². The van der Waals surface area contributed by atoms with Gasteiger partial charge in [0.25, 0.3) is 5.91 Å². The number of carbonyl (C=O) groups excluding carboxylic acids is 3. The molecule has 2 aromatic carbocycles. The van der Waals surface area contributed by atoms with E-state index in [0.29, 0.717) is 25.1 Å². The molecule has 2 amide bonds. The van der Waals surface area contributed by atoms with E-state index in [9.17, 15) is 14.4 Å². The molecule has 0 spiro atoms. The van der Waals surface area contributed by atoms with Crippen molar-refractivity contribution < 1.29 is 14.4 Å². The smallest absolute Gasteiger partial charge is 0.255 e. The summed E-state index contributed by atoms with van der Waals surface area (Å²) in [6, 6.07) is 14.7. The van der Waals surface area contributed by atoms with Gasteiger partial charge in [-0.2, -0.15) is 0 Å². The number of likely N-dealkylation sites (tertiary alicyclic amines) is 1. The van der Waals surface area contributed by atoms with E-state index in [0.717, 1.165) is 36.1 Å². The second kappa shape index (κ2) is 13.0. The monoisotopic (exact) mass is 506 g/mol. The lowest BCUT2D eigenvalue weighted by Gasteiger charge is -2.34. The van der Waals surface area contributed by atoms with Crippen molar-refractivity contribution in [2.45, 2.75) is 51.9 Å². The molecule has 0 saturated carbocycles. The van der Waals surface area contributed by atoms with Crippen molar-refractivity contribution in [3.8, 4) is 0 Å². The Balaban J connectivity index is 0.000000233. The zero-order valence-electron chi connectivity index (χ0n) is 21.8. The van der Waals surface area contributed by atoms with Crippen molar-refractivity contribution in [2.75, 3.05) is 13.6 Å². The van der Waals surface area contributed by atoms with Crippen LogP contribution in [0.5, 0.6) is 0 Å². The zero-order chi connectivity index (χ0) is 26.9. The molecule has 1 saturated heterocycles. The Labute approximate surface area is 218 Å². The van der Waals surface area contributed by atoms with E-state index in [1.165, 1.54) is 11.8 Å². The molecule has 9 heteroatoms. The van der Waals surface area contributed by atoms with E-state index < -0.39 is 6.04 Å². The summed E-state index contributed by atoms with van der Waals surface area (Å²) in [6.07, 6.45) is 3.86. The largest absolute Gasteiger partial charge is 0.403 e. The van der Waals surface area contributed by atoms with Crippen molar-refractivity contribution in [1.29, 1.82) is 0 Å². The van der Waals surface area contributed by atoms with Crippen LogP contribution < -0.4 is 22.3 Å². The Morgan fingerprint density at radius 1 is 1.16 bits per heavy atom. The highest BCUT2D eigenvalue weighted by molar-refractivity contribution is 6.01. The van der Waals surface area contributed by atoms with Gasteiger partial charge in [0.15, 0.2) is 0 Å². The first-order valence-corrected chi connectivity index (χ1v) is 12.6. The average molecular weight is 507 g/mol. The molecule has 0 aliphatic carbocycles. The van der Waals surface area contributed by atoms with E-state index in [-0.39, 0.29) is 23.8 Å². The third-order valence-electron chi connectivity index (χ3n) is 6.78. The molecule has 6 N–H and O–H groups in total. The summed E-state index contributed by atoms with van der Waals surface area (Å²) in [6.45, 7) is 5.82. The number of carbonyl (C=O) groups is 3. The molecule has 9 nitrogen and oxygen atoms in total. The number of benzene rings is 2. The number of aldehydes is 1. The number of nitrogens with two attached hydrogens (primary N) is 2. The fourth-order valence-electron chi connectivity index (χ4n) is 4.89. The lowest BCUT2D eigenvalue weighted by atomic mass is 10.0. The van der Waals surface area contributed by atoms with Crippen molar-refractivity contribution in [2.24, 2.45) is 17.5 Å². The third-order valence-corrected chi connectivity index (χ3v) is 6.78. The average Bonchev–Trinajstić information content (AvgIpc) is 3.51. The summed E-state index contributed by atoms with van der Waals surface area (Å²) in [5.41, 5.74) is 12.5. The summed E-state index contributed by atoms with van der Waals surface area (Å²) in [5, 5.41) is 3.08. The maximum Gasteiger partial charge on any atom is 0.255 e. The van der Waals surface area contributed by atoms with Gasteiger partial charge in [0, 0.05) is 37.0 Å². The Bertz CT molecular complexity index is 1120. The van der Waals surface area contributed by atoms with Crippen molar-refractivity contribution in [3.63, 3.8) is 0 Å². The fraction of sp³-hybridized carbons (Fsp3) is 0.393. The van der Waals surface area contributed by atoms with Gasteiger partial charge in [0.1, 0.15) is 12.3 Å². The molecular formula is C28H38N6O3. The van der Waals surface area contributed by atoms with Crippen LogP contribution in [0, 0.1) is 5.92 Å². The Morgan fingerprint density at radius 3 is 2.43 bits per heavy atom. The molecule has 198 valence electrons. The number of hydrogen-bond acceptors (Lipinski definition) is 7.